The van der Waals surface area contributed by atoms with Gasteiger partial charge in [-0.3, -0.25) is 9.80 Å². The molecule has 1 heterocycles. The Morgan fingerprint density at radius 1 is 0.788 bits per heavy atom. The van der Waals surface area contributed by atoms with Crippen LogP contribution in [-0.2, 0) is 22.7 Å². The maximum absolute atomic E-state index is 9.10. The average molecular weight is 461 g/mol. The van der Waals surface area contributed by atoms with E-state index >= 15 is 0 Å². The van der Waals surface area contributed by atoms with Crippen molar-refractivity contribution in [3.63, 3.8) is 0 Å². The Morgan fingerprint density at radius 3 is 1.76 bits per heavy atom. The van der Waals surface area contributed by atoms with E-state index in [9.17, 15) is 0 Å². The zero-order chi connectivity index (χ0) is 24.2. The third-order valence-electron chi connectivity index (χ3n) is 5.15. The van der Waals surface area contributed by atoms with Gasteiger partial charge >= 0.3 is 11.9 Å². The van der Waals surface area contributed by atoms with Gasteiger partial charge in [0.2, 0.25) is 0 Å². The van der Waals surface area contributed by atoms with Gasteiger partial charge in [0.15, 0.2) is 11.5 Å². The fourth-order valence-corrected chi connectivity index (χ4v) is 3.44. The Labute approximate surface area is 194 Å². The molecule has 180 valence electrons. The molecule has 1 saturated heterocycles. The van der Waals surface area contributed by atoms with Crippen LogP contribution in [0.5, 0.6) is 17.2 Å². The van der Waals surface area contributed by atoms with E-state index in [1.165, 1.54) is 11.1 Å². The molecule has 33 heavy (non-hydrogen) atoms. The molecule has 0 unspecified atom stereocenters. The topological polar surface area (TPSA) is 109 Å². The van der Waals surface area contributed by atoms with E-state index in [1.54, 1.807) is 14.2 Å². The Hall–Kier alpha value is -3.30. The van der Waals surface area contributed by atoms with Crippen molar-refractivity contribution in [1.29, 1.82) is 0 Å². The number of nitrogens with zero attached hydrogens (tertiary/aromatic N) is 2. The van der Waals surface area contributed by atoms with Gasteiger partial charge in [-0.2, -0.15) is 0 Å². The number of carboxylic acid groups (broad SMARTS) is 2. The second kappa shape index (κ2) is 13.3. The zero-order valence-corrected chi connectivity index (χ0v) is 19.3. The van der Waals surface area contributed by atoms with Crippen LogP contribution in [0.2, 0.25) is 0 Å². The molecule has 2 aromatic carbocycles. The van der Waals surface area contributed by atoms with Crippen LogP contribution in [0.4, 0.5) is 0 Å². The van der Waals surface area contributed by atoms with Crippen molar-refractivity contribution in [3.05, 3.63) is 53.6 Å². The molecule has 1 fully saturated rings. The lowest BCUT2D eigenvalue weighted by atomic mass is 10.1. The molecule has 9 nitrogen and oxygen atoms in total. The molecular formula is C24H32N2O7. The monoisotopic (exact) mass is 460 g/mol. The third kappa shape index (κ3) is 8.63. The normalized spacial score (nSPS) is 14.0. The number of methoxy groups -OCH3 is 2. The predicted octanol–water partition coefficient (Wildman–Crippen LogP) is 2.58. The summed E-state index contributed by atoms with van der Waals surface area (Å²) in [4.78, 5) is 23.2. The van der Waals surface area contributed by atoms with Crippen LogP contribution < -0.4 is 14.2 Å². The maximum Gasteiger partial charge on any atom is 0.414 e. The van der Waals surface area contributed by atoms with E-state index in [-0.39, 0.29) is 0 Å². The van der Waals surface area contributed by atoms with Crippen LogP contribution in [0.1, 0.15) is 18.1 Å². The number of carbonyl (C=O) groups is 2. The highest BCUT2D eigenvalue weighted by Gasteiger charge is 2.18. The van der Waals surface area contributed by atoms with Gasteiger partial charge in [-0.1, -0.05) is 18.2 Å². The van der Waals surface area contributed by atoms with E-state index in [0.717, 1.165) is 56.5 Å². The number of carboxylic acids is 2. The third-order valence-corrected chi connectivity index (χ3v) is 5.15. The highest BCUT2D eigenvalue weighted by atomic mass is 16.5. The molecule has 3 rings (SSSR count). The predicted molar refractivity (Wildman–Crippen MR) is 123 cm³/mol. The molecule has 0 saturated carbocycles. The molecule has 2 aromatic rings. The van der Waals surface area contributed by atoms with E-state index in [1.807, 2.05) is 25.1 Å². The zero-order valence-electron chi connectivity index (χ0n) is 19.3. The van der Waals surface area contributed by atoms with Crippen LogP contribution in [-0.4, -0.2) is 79.0 Å². The van der Waals surface area contributed by atoms with Gasteiger partial charge in [0.1, 0.15) is 5.75 Å². The largest absolute Gasteiger partial charge is 0.497 e. The molecule has 1 aliphatic heterocycles. The van der Waals surface area contributed by atoms with Gasteiger partial charge in [-0.05, 0) is 42.3 Å². The summed E-state index contributed by atoms with van der Waals surface area (Å²) in [7, 11) is 3.38. The molecule has 0 aromatic heterocycles. The van der Waals surface area contributed by atoms with Crippen LogP contribution in [0, 0.1) is 0 Å². The number of hydrogen-bond acceptors (Lipinski definition) is 7. The number of rotatable bonds is 8. The lowest BCUT2D eigenvalue weighted by Gasteiger charge is -2.34. The van der Waals surface area contributed by atoms with Crippen LogP contribution in [0.15, 0.2) is 42.5 Å². The molecule has 2 N–H and O–H groups in total. The van der Waals surface area contributed by atoms with Crippen molar-refractivity contribution in [2.24, 2.45) is 0 Å². The van der Waals surface area contributed by atoms with Crippen molar-refractivity contribution in [3.8, 4) is 17.2 Å². The molecule has 0 amide bonds. The van der Waals surface area contributed by atoms with Crippen molar-refractivity contribution < 1.29 is 34.0 Å². The van der Waals surface area contributed by atoms with Gasteiger partial charge < -0.3 is 24.4 Å². The van der Waals surface area contributed by atoms with E-state index in [2.05, 4.69) is 34.1 Å². The summed E-state index contributed by atoms with van der Waals surface area (Å²) < 4.78 is 16.3. The fourth-order valence-electron chi connectivity index (χ4n) is 3.44. The number of aliphatic carboxylic acids is 2. The molecule has 0 atom stereocenters. The van der Waals surface area contributed by atoms with Gasteiger partial charge in [-0.25, -0.2) is 9.59 Å². The van der Waals surface area contributed by atoms with Crippen molar-refractivity contribution in [2.45, 2.75) is 20.0 Å². The summed E-state index contributed by atoms with van der Waals surface area (Å²) in [5.74, 6) is -1.11. The molecule has 0 bridgehead atoms. The Balaban J connectivity index is 0.000000569. The van der Waals surface area contributed by atoms with E-state index < -0.39 is 11.9 Å². The second-order valence-corrected chi connectivity index (χ2v) is 7.43. The molecular weight excluding hydrogens is 428 g/mol. The maximum atomic E-state index is 9.10. The highest BCUT2D eigenvalue weighted by molar-refractivity contribution is 6.27. The first-order valence-electron chi connectivity index (χ1n) is 10.7. The van der Waals surface area contributed by atoms with Crippen molar-refractivity contribution in [2.75, 3.05) is 47.0 Å². The molecule has 9 heteroatoms. The molecule has 0 aliphatic carbocycles. The first-order valence-corrected chi connectivity index (χ1v) is 10.7. The van der Waals surface area contributed by atoms with Crippen LogP contribution >= 0.6 is 0 Å². The van der Waals surface area contributed by atoms with Crippen LogP contribution in [0.3, 0.4) is 0 Å². The van der Waals surface area contributed by atoms with Gasteiger partial charge in [0.25, 0.3) is 0 Å². The second-order valence-electron chi connectivity index (χ2n) is 7.43. The summed E-state index contributed by atoms with van der Waals surface area (Å²) in [5, 5.41) is 14.8. The van der Waals surface area contributed by atoms with E-state index in [4.69, 9.17) is 34.0 Å². The molecule has 0 spiro atoms. The Kier molecular flexibility index (Phi) is 10.5. The van der Waals surface area contributed by atoms with Gasteiger partial charge in [0.05, 0.1) is 20.8 Å². The number of piperazine rings is 1. The van der Waals surface area contributed by atoms with Crippen molar-refractivity contribution in [1.82, 2.24) is 9.80 Å². The average Bonchev–Trinajstić information content (AvgIpc) is 2.82. The first-order chi connectivity index (χ1) is 15.9. The lowest BCUT2D eigenvalue weighted by Crippen LogP contribution is -2.45. The van der Waals surface area contributed by atoms with Crippen molar-refractivity contribution >= 4 is 11.9 Å². The Morgan fingerprint density at radius 2 is 1.30 bits per heavy atom. The van der Waals surface area contributed by atoms with Gasteiger partial charge in [0, 0.05) is 39.3 Å². The first kappa shape index (κ1) is 26.0. The summed E-state index contributed by atoms with van der Waals surface area (Å²) in [6.45, 7) is 8.90. The quantitative estimate of drug-likeness (QED) is 0.575. The standard InChI is InChI=1S/C22H30N2O3.C2H2O4/c1-4-27-22-15-19(7-10-21(22)26-3)17-24-13-11-23(12-14-24)16-18-5-8-20(25-2)9-6-18;3-1(4)2(5)6/h5-10,15H,4,11-14,16-17H2,1-3H3;(H,3,4)(H,5,6). The van der Waals surface area contributed by atoms with E-state index in [0.29, 0.717) is 6.61 Å². The highest BCUT2D eigenvalue weighted by Crippen LogP contribution is 2.28. The minimum atomic E-state index is -1.82. The summed E-state index contributed by atoms with van der Waals surface area (Å²) in [5.41, 5.74) is 2.60. The molecule has 1 aliphatic rings. The number of ether oxygens (including phenoxy) is 3. The van der Waals surface area contributed by atoms with Crippen LogP contribution in [0.25, 0.3) is 0 Å². The lowest BCUT2D eigenvalue weighted by molar-refractivity contribution is -0.159. The summed E-state index contributed by atoms with van der Waals surface area (Å²) >= 11 is 0. The van der Waals surface area contributed by atoms with Gasteiger partial charge in [-0.15, -0.1) is 0 Å². The fraction of sp³-hybridized carbons (Fsp3) is 0.417. The Bertz CT molecular complexity index is 882. The summed E-state index contributed by atoms with van der Waals surface area (Å²) in [6.07, 6.45) is 0. The number of benzene rings is 2. The minimum absolute atomic E-state index is 0.643. The number of hydrogen-bond donors (Lipinski definition) is 2. The molecule has 0 radical (unpaired) electrons. The SMILES string of the molecule is CCOc1cc(CN2CCN(Cc3ccc(OC)cc3)CC2)ccc1OC.O=C(O)C(=O)O. The smallest absolute Gasteiger partial charge is 0.414 e. The minimum Gasteiger partial charge on any atom is -0.497 e. The summed E-state index contributed by atoms with van der Waals surface area (Å²) in [6, 6.07) is 14.6.